The highest BCUT2D eigenvalue weighted by molar-refractivity contribution is 5.89. The second kappa shape index (κ2) is 8.32. The van der Waals surface area contributed by atoms with E-state index < -0.39 is 18.5 Å². The van der Waals surface area contributed by atoms with Crippen LogP contribution in [-0.4, -0.2) is 33.4 Å². The maximum Gasteiger partial charge on any atom is 0.357 e. The number of ether oxygens (including phenoxy) is 2. The quantitative estimate of drug-likeness (QED) is 0.676. The fraction of sp³-hybridized carbons (Fsp3) is 0.500. The van der Waals surface area contributed by atoms with Crippen LogP contribution in [0.3, 0.4) is 0 Å². The summed E-state index contributed by atoms with van der Waals surface area (Å²) in [7, 11) is 1.57. The Kier molecular flexibility index (Phi) is 6.15. The zero-order valence-corrected chi connectivity index (χ0v) is 14.6. The predicted molar refractivity (Wildman–Crippen MR) is 86.9 cm³/mol. The van der Waals surface area contributed by atoms with Gasteiger partial charge in [0.15, 0.2) is 6.61 Å². The van der Waals surface area contributed by atoms with E-state index >= 15 is 0 Å². The number of aromatic nitrogens is 3. The van der Waals surface area contributed by atoms with E-state index in [1.54, 1.807) is 7.05 Å². The van der Waals surface area contributed by atoms with Crippen LogP contribution in [-0.2, 0) is 29.6 Å². The molecule has 0 spiro atoms. The molecule has 2 aromatic heterocycles. The molecule has 2 rings (SSSR count). The van der Waals surface area contributed by atoms with Crippen LogP contribution in [0.25, 0.3) is 0 Å². The van der Waals surface area contributed by atoms with Crippen molar-refractivity contribution in [3.05, 3.63) is 28.8 Å². The average molecular weight is 350 g/mol. The fourth-order valence-electron chi connectivity index (χ4n) is 2.22. The number of esters is 1. The van der Waals surface area contributed by atoms with Crippen molar-refractivity contribution in [1.82, 2.24) is 14.9 Å². The molecular weight excluding hydrogens is 328 g/mol. The van der Waals surface area contributed by atoms with E-state index in [-0.39, 0.29) is 18.2 Å². The van der Waals surface area contributed by atoms with Gasteiger partial charge in [0, 0.05) is 13.1 Å². The summed E-state index contributed by atoms with van der Waals surface area (Å²) in [4.78, 5) is 22.6. The number of unbranched alkanes of at least 4 members (excludes halogenated alkanes) is 1. The Hall–Kier alpha value is -2.84. The van der Waals surface area contributed by atoms with Crippen molar-refractivity contribution in [2.75, 3.05) is 6.61 Å². The van der Waals surface area contributed by atoms with Crippen molar-refractivity contribution in [3.63, 3.8) is 0 Å². The summed E-state index contributed by atoms with van der Waals surface area (Å²) in [5.41, 5.74) is 6.86. The summed E-state index contributed by atoms with van der Waals surface area (Å²) in [5, 5.41) is 8.17. The van der Waals surface area contributed by atoms with Gasteiger partial charge >= 0.3 is 5.97 Å². The van der Waals surface area contributed by atoms with E-state index in [9.17, 15) is 9.59 Å². The smallest absolute Gasteiger partial charge is 0.357 e. The maximum absolute atomic E-state index is 11.9. The first-order chi connectivity index (χ1) is 11.9. The molecule has 2 aromatic rings. The second-order valence-electron chi connectivity index (χ2n) is 5.59. The van der Waals surface area contributed by atoms with Gasteiger partial charge in [0.2, 0.25) is 5.88 Å². The van der Waals surface area contributed by atoms with Crippen molar-refractivity contribution >= 4 is 11.9 Å². The zero-order valence-electron chi connectivity index (χ0n) is 14.6. The Bertz CT molecular complexity index is 750. The van der Waals surface area contributed by atoms with E-state index in [2.05, 4.69) is 17.2 Å². The molecular formula is C16H22N4O5. The third kappa shape index (κ3) is 4.82. The third-order valence-corrected chi connectivity index (χ3v) is 3.61. The molecule has 0 radical (unpaired) electrons. The second-order valence-corrected chi connectivity index (χ2v) is 5.59. The molecule has 0 atom stereocenters. The molecule has 136 valence electrons. The Morgan fingerprint density at radius 2 is 2.16 bits per heavy atom. The molecule has 9 heteroatoms. The largest absolute Gasteiger partial charge is 0.472 e. The lowest BCUT2D eigenvalue weighted by Gasteiger charge is -2.03. The Labute approximate surface area is 145 Å². The van der Waals surface area contributed by atoms with Gasteiger partial charge in [-0.2, -0.15) is 0 Å². The van der Waals surface area contributed by atoms with Gasteiger partial charge in [-0.25, -0.2) is 4.79 Å². The molecule has 0 aliphatic heterocycles. The monoisotopic (exact) mass is 350 g/mol. The number of carbonyl (C=O) groups is 2. The van der Waals surface area contributed by atoms with Gasteiger partial charge in [0.25, 0.3) is 5.91 Å². The summed E-state index contributed by atoms with van der Waals surface area (Å²) >= 11 is 0. The van der Waals surface area contributed by atoms with Crippen LogP contribution in [0.2, 0.25) is 0 Å². The number of primary amides is 1. The lowest BCUT2D eigenvalue weighted by atomic mass is 10.1. The number of nitrogens with zero attached hydrogens (tertiary/aromatic N) is 3. The molecule has 0 aliphatic carbocycles. The SMILES string of the molecule is CCCCc1noc(C)c1COc1cc(C(=O)OCC(N)=O)n(C)n1. The van der Waals surface area contributed by atoms with Crippen molar-refractivity contribution in [3.8, 4) is 5.88 Å². The number of hydrogen-bond donors (Lipinski definition) is 1. The molecule has 0 saturated carbocycles. The van der Waals surface area contributed by atoms with Crippen molar-refractivity contribution in [2.45, 2.75) is 39.7 Å². The number of carbonyl (C=O) groups excluding carboxylic acids is 2. The minimum absolute atomic E-state index is 0.157. The molecule has 0 aromatic carbocycles. The van der Waals surface area contributed by atoms with Gasteiger partial charge in [-0.1, -0.05) is 18.5 Å². The highest BCUT2D eigenvalue weighted by atomic mass is 16.5. The molecule has 9 nitrogen and oxygen atoms in total. The van der Waals surface area contributed by atoms with E-state index in [1.165, 1.54) is 10.7 Å². The van der Waals surface area contributed by atoms with Crippen LogP contribution in [0.4, 0.5) is 0 Å². The number of nitrogens with two attached hydrogens (primary N) is 1. The Balaban J connectivity index is 2.02. The maximum atomic E-state index is 11.9. The van der Waals surface area contributed by atoms with Crippen molar-refractivity contribution in [2.24, 2.45) is 12.8 Å². The van der Waals surface area contributed by atoms with Gasteiger partial charge in [0.05, 0.1) is 11.3 Å². The molecule has 2 heterocycles. The van der Waals surface area contributed by atoms with E-state index in [0.29, 0.717) is 5.76 Å². The third-order valence-electron chi connectivity index (χ3n) is 3.61. The van der Waals surface area contributed by atoms with Gasteiger partial charge < -0.3 is 19.7 Å². The number of amides is 1. The Morgan fingerprint density at radius 3 is 2.84 bits per heavy atom. The van der Waals surface area contributed by atoms with Gasteiger partial charge in [-0.05, 0) is 19.8 Å². The molecule has 1 amide bonds. The van der Waals surface area contributed by atoms with Crippen LogP contribution in [0, 0.1) is 6.92 Å². The molecule has 0 aliphatic rings. The topological polar surface area (TPSA) is 122 Å². The number of rotatable bonds is 9. The predicted octanol–water partition coefficient (Wildman–Crippen LogP) is 1.28. The summed E-state index contributed by atoms with van der Waals surface area (Å²) < 4.78 is 17.0. The van der Waals surface area contributed by atoms with Crippen LogP contribution >= 0.6 is 0 Å². The zero-order chi connectivity index (χ0) is 18.4. The summed E-state index contributed by atoms with van der Waals surface area (Å²) in [6.07, 6.45) is 2.89. The van der Waals surface area contributed by atoms with Crippen LogP contribution in [0.15, 0.2) is 10.6 Å². The standard InChI is InChI=1S/C16H22N4O5/c1-4-5-6-12-11(10(2)25-19-12)8-23-15-7-13(20(3)18-15)16(22)24-9-14(17)21/h7H,4-6,8-9H2,1-3H3,(H2,17,21). The first-order valence-corrected chi connectivity index (χ1v) is 7.98. The normalized spacial score (nSPS) is 10.7. The summed E-state index contributed by atoms with van der Waals surface area (Å²) in [6, 6.07) is 1.44. The van der Waals surface area contributed by atoms with Crippen LogP contribution in [0.5, 0.6) is 5.88 Å². The molecule has 0 saturated heterocycles. The van der Waals surface area contributed by atoms with Gasteiger partial charge in [0.1, 0.15) is 18.1 Å². The summed E-state index contributed by atoms with van der Waals surface area (Å²) in [5.74, 6) is -0.471. The first-order valence-electron chi connectivity index (χ1n) is 7.98. The lowest BCUT2D eigenvalue weighted by Crippen LogP contribution is -2.22. The van der Waals surface area contributed by atoms with Crippen molar-refractivity contribution < 1.29 is 23.6 Å². The molecule has 0 bridgehead atoms. The first kappa shape index (κ1) is 18.5. The van der Waals surface area contributed by atoms with Gasteiger partial charge in [-0.3, -0.25) is 9.48 Å². The summed E-state index contributed by atoms with van der Waals surface area (Å²) in [6.45, 7) is 3.68. The highest BCUT2D eigenvalue weighted by Gasteiger charge is 2.18. The lowest BCUT2D eigenvalue weighted by molar-refractivity contribution is -0.121. The minimum Gasteiger partial charge on any atom is -0.472 e. The van der Waals surface area contributed by atoms with E-state index in [1.807, 2.05) is 6.92 Å². The van der Waals surface area contributed by atoms with Crippen molar-refractivity contribution in [1.29, 1.82) is 0 Å². The Morgan fingerprint density at radius 1 is 1.40 bits per heavy atom. The van der Waals surface area contributed by atoms with Gasteiger partial charge in [-0.15, -0.1) is 5.10 Å². The molecule has 2 N–H and O–H groups in total. The number of hydrogen-bond acceptors (Lipinski definition) is 7. The average Bonchev–Trinajstić information content (AvgIpc) is 3.11. The highest BCUT2D eigenvalue weighted by Crippen LogP contribution is 2.19. The fourth-order valence-corrected chi connectivity index (χ4v) is 2.22. The van der Waals surface area contributed by atoms with E-state index in [4.69, 9.17) is 19.7 Å². The molecule has 0 fully saturated rings. The minimum atomic E-state index is -0.727. The molecule has 25 heavy (non-hydrogen) atoms. The van der Waals surface area contributed by atoms with Crippen LogP contribution < -0.4 is 10.5 Å². The van der Waals surface area contributed by atoms with Crippen LogP contribution in [0.1, 0.15) is 47.3 Å². The number of aryl methyl sites for hydroxylation is 3. The van der Waals surface area contributed by atoms with E-state index in [0.717, 1.165) is 30.5 Å². The molecule has 0 unspecified atom stereocenters.